The highest BCUT2D eigenvalue weighted by molar-refractivity contribution is 7.91. The van der Waals surface area contributed by atoms with Gasteiger partial charge in [-0.2, -0.15) is 35.5 Å². The van der Waals surface area contributed by atoms with E-state index in [0.29, 0.717) is 24.5 Å². The van der Waals surface area contributed by atoms with E-state index in [1.54, 1.807) is 12.1 Å². The summed E-state index contributed by atoms with van der Waals surface area (Å²) in [6.45, 7) is 1.83. The zero-order chi connectivity index (χ0) is 32.8. The standard InChI is InChI=1S/C19H25N3O8S2.2H2O4S/c1-15-14-17(22(8-10-23)9-11-24)4-7-19(15)21-20-16-2-5-18(6-3-16)31(25,26)13-12-30-32(27,28)29;2*1-5(2,3)4/h2-7,14,23-24H,8-13H2,1H3,(H,27,28,29);2*(H2,1,2,3,4). The molecule has 0 atom stereocenters. The minimum Gasteiger partial charge on any atom is -0.395 e. The first-order chi connectivity index (χ1) is 19.1. The monoisotopic (exact) mass is 683 g/mol. The molecule has 2 aromatic rings. The zero-order valence-corrected chi connectivity index (χ0v) is 24.8. The van der Waals surface area contributed by atoms with Crippen LogP contribution in [0.4, 0.5) is 17.1 Å². The molecule has 240 valence electrons. The van der Waals surface area contributed by atoms with E-state index in [0.717, 1.165) is 11.3 Å². The van der Waals surface area contributed by atoms with Crippen molar-refractivity contribution in [2.75, 3.05) is 43.6 Å². The molecule has 19 nitrogen and oxygen atoms in total. The molecule has 0 aliphatic rings. The van der Waals surface area contributed by atoms with Crippen molar-refractivity contribution in [2.45, 2.75) is 11.8 Å². The third-order valence-corrected chi connectivity index (χ3v) is 6.50. The first-order valence-electron chi connectivity index (χ1n) is 10.9. The van der Waals surface area contributed by atoms with Crippen LogP contribution >= 0.6 is 0 Å². The molecule has 0 heterocycles. The quantitative estimate of drug-likeness (QED) is 0.118. The Hall–Kier alpha value is -2.68. The number of aliphatic hydroxyl groups is 2. The van der Waals surface area contributed by atoms with Gasteiger partial charge in [0.2, 0.25) is 0 Å². The van der Waals surface area contributed by atoms with Crippen LogP contribution in [-0.4, -0.2) is 105 Å². The molecule has 0 aromatic heterocycles. The van der Waals surface area contributed by atoms with Crippen LogP contribution in [0.2, 0.25) is 0 Å². The largest absolute Gasteiger partial charge is 0.397 e. The maximum Gasteiger partial charge on any atom is 0.397 e. The van der Waals surface area contributed by atoms with Gasteiger partial charge in [0.1, 0.15) is 0 Å². The Kier molecular flexibility index (Phi) is 16.3. The number of aliphatic hydroxyl groups excluding tert-OH is 2. The number of azo groups is 1. The summed E-state index contributed by atoms with van der Waals surface area (Å²) in [4.78, 5) is 1.79. The number of aryl methyl sites for hydroxylation is 1. The lowest BCUT2D eigenvalue weighted by Crippen LogP contribution is -2.29. The van der Waals surface area contributed by atoms with Crippen molar-refractivity contribution in [3.05, 3.63) is 48.0 Å². The number of benzene rings is 2. The summed E-state index contributed by atoms with van der Waals surface area (Å²) in [5, 5.41) is 26.6. The number of sulfone groups is 1. The third kappa shape index (κ3) is 20.2. The average Bonchev–Trinajstić information content (AvgIpc) is 2.80. The molecule has 0 aliphatic heterocycles. The van der Waals surface area contributed by atoms with Gasteiger partial charge in [0.05, 0.1) is 41.8 Å². The number of hydrogen-bond acceptors (Lipinski definition) is 14. The molecule has 0 radical (unpaired) electrons. The Balaban J connectivity index is 0.00000144. The van der Waals surface area contributed by atoms with Crippen molar-refractivity contribution in [2.24, 2.45) is 10.2 Å². The van der Waals surface area contributed by atoms with Gasteiger partial charge in [0.15, 0.2) is 9.84 Å². The molecule has 0 amide bonds. The van der Waals surface area contributed by atoms with Gasteiger partial charge in [0, 0.05) is 18.8 Å². The predicted molar refractivity (Wildman–Crippen MR) is 146 cm³/mol. The van der Waals surface area contributed by atoms with E-state index in [4.69, 9.17) is 49.8 Å². The normalized spacial score (nSPS) is 12.2. The predicted octanol–water partition coefficient (Wildman–Crippen LogP) is 0.489. The fourth-order valence-corrected chi connectivity index (χ4v) is 4.25. The van der Waals surface area contributed by atoms with Gasteiger partial charge in [-0.15, -0.1) is 0 Å². The van der Waals surface area contributed by atoms with Crippen molar-refractivity contribution in [3.63, 3.8) is 0 Å². The molecule has 0 saturated carbocycles. The molecule has 0 saturated heterocycles. The number of rotatable bonds is 12. The highest BCUT2D eigenvalue weighted by Crippen LogP contribution is 2.27. The molecular weight excluding hydrogens is 654 g/mol. The molecule has 0 bridgehead atoms. The molecule has 7 N–H and O–H groups in total. The van der Waals surface area contributed by atoms with Crippen molar-refractivity contribution in [3.8, 4) is 0 Å². The highest BCUT2D eigenvalue weighted by Gasteiger charge is 2.16. The molecule has 2 rings (SSSR count). The molecule has 23 heteroatoms. The smallest absolute Gasteiger partial charge is 0.395 e. The van der Waals surface area contributed by atoms with E-state index in [2.05, 4.69) is 14.4 Å². The lowest BCUT2D eigenvalue weighted by Gasteiger charge is -2.23. The van der Waals surface area contributed by atoms with Crippen molar-refractivity contribution >= 4 is 58.1 Å². The van der Waals surface area contributed by atoms with E-state index < -0.39 is 53.4 Å². The van der Waals surface area contributed by atoms with Crippen molar-refractivity contribution in [1.82, 2.24) is 0 Å². The van der Waals surface area contributed by atoms with Gasteiger partial charge < -0.3 is 15.1 Å². The Morgan fingerprint density at radius 1 is 0.738 bits per heavy atom. The zero-order valence-electron chi connectivity index (χ0n) is 21.6. The van der Waals surface area contributed by atoms with Crippen molar-refractivity contribution in [1.29, 1.82) is 0 Å². The number of hydrogen-bond donors (Lipinski definition) is 7. The molecule has 0 spiro atoms. The summed E-state index contributed by atoms with van der Waals surface area (Å²) in [7, 11) is -17.8. The molecule has 0 fully saturated rings. The summed E-state index contributed by atoms with van der Waals surface area (Å²) < 4.78 is 121. The fourth-order valence-electron chi connectivity index (χ4n) is 2.76. The average molecular weight is 684 g/mol. The summed E-state index contributed by atoms with van der Waals surface area (Å²) in [5.74, 6) is -0.622. The second-order valence-corrected chi connectivity index (χ2v) is 12.6. The fraction of sp³-hybridized carbons (Fsp3) is 0.368. The second kappa shape index (κ2) is 17.4. The third-order valence-electron chi connectivity index (χ3n) is 4.34. The van der Waals surface area contributed by atoms with Crippen molar-refractivity contribution < 1.29 is 70.8 Å². The summed E-state index contributed by atoms with van der Waals surface area (Å²) in [6, 6.07) is 11.0. The first kappa shape index (κ1) is 39.3. The van der Waals surface area contributed by atoms with Crippen LogP contribution in [0.1, 0.15) is 5.56 Å². The van der Waals surface area contributed by atoms with Crippen LogP contribution in [0.5, 0.6) is 0 Å². The maximum atomic E-state index is 12.2. The molecular formula is C19H29N3O16S4. The Morgan fingerprint density at radius 3 is 1.62 bits per heavy atom. The minimum absolute atomic E-state index is 0.0419. The minimum atomic E-state index is -4.70. The number of nitrogens with zero attached hydrogens (tertiary/aromatic N) is 3. The van der Waals surface area contributed by atoms with Gasteiger partial charge >= 0.3 is 31.2 Å². The van der Waals surface area contributed by atoms with Crippen LogP contribution in [0.15, 0.2) is 57.6 Å². The van der Waals surface area contributed by atoms with Crippen LogP contribution in [-0.2, 0) is 45.2 Å². The van der Waals surface area contributed by atoms with Crippen LogP contribution < -0.4 is 4.90 Å². The summed E-state index contributed by atoms with van der Waals surface area (Å²) in [5.41, 5.74) is 2.66. The van der Waals surface area contributed by atoms with Crippen LogP contribution in [0, 0.1) is 6.92 Å². The molecule has 0 unspecified atom stereocenters. The lowest BCUT2D eigenvalue weighted by molar-refractivity contribution is 0.281. The highest BCUT2D eigenvalue weighted by atomic mass is 32.3. The Bertz CT molecular complexity index is 1540. The number of anilines is 1. The summed E-state index contributed by atoms with van der Waals surface area (Å²) in [6.07, 6.45) is 0. The van der Waals surface area contributed by atoms with Gasteiger partial charge in [-0.3, -0.25) is 22.8 Å². The topological polar surface area (TPSA) is 315 Å². The Morgan fingerprint density at radius 2 is 1.21 bits per heavy atom. The molecule has 0 aliphatic carbocycles. The summed E-state index contributed by atoms with van der Waals surface area (Å²) >= 11 is 0. The van der Waals surface area contributed by atoms with E-state index in [-0.39, 0.29) is 18.1 Å². The van der Waals surface area contributed by atoms with E-state index in [1.165, 1.54) is 24.3 Å². The van der Waals surface area contributed by atoms with Gasteiger partial charge in [-0.1, -0.05) is 0 Å². The Labute approximate surface area is 242 Å². The SMILES string of the molecule is Cc1cc(N(CCO)CCO)ccc1N=Nc1ccc(S(=O)(=O)CCOS(=O)(=O)O)cc1.O=S(=O)(O)O.O=S(=O)(O)O. The van der Waals surface area contributed by atoms with Gasteiger partial charge in [0.25, 0.3) is 0 Å². The van der Waals surface area contributed by atoms with E-state index >= 15 is 0 Å². The van der Waals surface area contributed by atoms with Gasteiger partial charge in [-0.25, -0.2) is 12.6 Å². The van der Waals surface area contributed by atoms with Gasteiger partial charge in [-0.05, 0) is 55.0 Å². The van der Waals surface area contributed by atoms with Crippen LogP contribution in [0.3, 0.4) is 0 Å². The van der Waals surface area contributed by atoms with Crippen LogP contribution in [0.25, 0.3) is 0 Å². The molecule has 2 aromatic carbocycles. The van der Waals surface area contributed by atoms with E-state index in [9.17, 15) is 16.8 Å². The molecule has 42 heavy (non-hydrogen) atoms. The van der Waals surface area contributed by atoms with E-state index in [1.807, 2.05) is 17.9 Å². The maximum absolute atomic E-state index is 12.2. The lowest BCUT2D eigenvalue weighted by atomic mass is 10.1. The second-order valence-electron chi connectivity index (χ2n) is 7.56. The first-order valence-corrected chi connectivity index (χ1v) is 16.7.